The van der Waals surface area contributed by atoms with Crippen LogP contribution < -0.4 is 16.0 Å². The minimum Gasteiger partial charge on any atom is -0.386 e. The van der Waals surface area contributed by atoms with Crippen molar-refractivity contribution in [3.8, 4) is 11.1 Å². The number of anilines is 1. The van der Waals surface area contributed by atoms with Gasteiger partial charge in [-0.1, -0.05) is 81.4 Å². The molecule has 2 amide bonds. The lowest BCUT2D eigenvalue weighted by molar-refractivity contribution is -0.202. The van der Waals surface area contributed by atoms with Gasteiger partial charge in [0.05, 0.1) is 12.5 Å². The van der Waals surface area contributed by atoms with E-state index in [1.54, 1.807) is 63.4 Å². The van der Waals surface area contributed by atoms with Crippen LogP contribution in [0.15, 0.2) is 79.0 Å². The van der Waals surface area contributed by atoms with Crippen LogP contribution in [0.25, 0.3) is 11.1 Å². The Morgan fingerprint density at radius 3 is 2.07 bits per heavy atom. The van der Waals surface area contributed by atoms with Gasteiger partial charge in [-0.25, -0.2) is 9.78 Å². The Morgan fingerprint density at radius 2 is 1.48 bits per heavy atom. The van der Waals surface area contributed by atoms with Crippen LogP contribution in [-0.2, 0) is 23.9 Å². The molecular formula is C32H35F3N4O5. The molecule has 0 bridgehead atoms. The summed E-state index contributed by atoms with van der Waals surface area (Å²) in [6.07, 6.45) is -3.92. The van der Waals surface area contributed by atoms with Crippen LogP contribution in [0.4, 0.5) is 19.0 Å². The first kappa shape index (κ1) is 33.8. The van der Waals surface area contributed by atoms with Crippen LogP contribution in [0, 0.1) is 5.41 Å². The van der Waals surface area contributed by atoms with E-state index in [1.165, 1.54) is 0 Å². The predicted molar refractivity (Wildman–Crippen MR) is 158 cm³/mol. The van der Waals surface area contributed by atoms with E-state index < -0.39 is 47.9 Å². The smallest absolute Gasteiger partial charge is 0.386 e. The van der Waals surface area contributed by atoms with Crippen molar-refractivity contribution in [1.82, 2.24) is 15.6 Å². The summed E-state index contributed by atoms with van der Waals surface area (Å²) in [6, 6.07) is 19.2. The molecule has 0 fully saturated rings. The number of nitrogens with one attached hydrogen (secondary N) is 3. The number of carbonyl (C=O) groups is 4. The first-order valence-electron chi connectivity index (χ1n) is 14.0. The van der Waals surface area contributed by atoms with Crippen molar-refractivity contribution in [1.29, 1.82) is 0 Å². The van der Waals surface area contributed by atoms with E-state index in [9.17, 15) is 32.3 Å². The Hall–Kier alpha value is -4.74. The van der Waals surface area contributed by atoms with Gasteiger partial charge in [0, 0.05) is 19.2 Å². The standard InChI is InChI=1S/C32H35F3N4O5/c1-31(2,3)28(39-26(40)13-9-19-37-25-12-7-8-18-36-25)29(42)38-24(20-27(41)44-30(43)32(33,34)35)23-16-14-22(15-17-23)21-10-5-4-6-11-21/h4-8,10-12,14-18,24,28H,9,13,19-20H2,1-3H3,(H,36,37)(H,38,42)(H,39,40)/t24?,28-/m0/s1. The summed E-state index contributed by atoms with van der Waals surface area (Å²) in [7, 11) is 0. The normalized spacial score (nSPS) is 12.9. The van der Waals surface area contributed by atoms with Crippen molar-refractivity contribution in [2.24, 2.45) is 5.41 Å². The van der Waals surface area contributed by atoms with Crippen LogP contribution in [0.5, 0.6) is 0 Å². The summed E-state index contributed by atoms with van der Waals surface area (Å²) in [6.45, 7) is 5.68. The van der Waals surface area contributed by atoms with Gasteiger partial charge in [0.25, 0.3) is 0 Å². The van der Waals surface area contributed by atoms with E-state index >= 15 is 0 Å². The zero-order valence-electron chi connectivity index (χ0n) is 24.6. The summed E-state index contributed by atoms with van der Waals surface area (Å²) in [5.41, 5.74) is 1.33. The minimum atomic E-state index is -5.36. The molecule has 1 aromatic heterocycles. The zero-order valence-corrected chi connectivity index (χ0v) is 24.6. The number of nitrogens with zero attached hydrogens (tertiary/aromatic N) is 1. The van der Waals surface area contributed by atoms with Gasteiger partial charge >= 0.3 is 18.1 Å². The molecule has 0 aliphatic carbocycles. The first-order chi connectivity index (χ1) is 20.7. The molecule has 3 rings (SSSR count). The molecule has 2 aromatic carbocycles. The highest BCUT2D eigenvalue weighted by Crippen LogP contribution is 2.26. The number of halogens is 3. The third kappa shape index (κ3) is 10.5. The highest BCUT2D eigenvalue weighted by Gasteiger charge is 2.43. The van der Waals surface area contributed by atoms with Crippen LogP contribution in [0.2, 0.25) is 0 Å². The van der Waals surface area contributed by atoms with Gasteiger partial charge in [-0.3, -0.25) is 14.4 Å². The zero-order chi connectivity index (χ0) is 32.3. The quantitative estimate of drug-likeness (QED) is 0.143. The Kier molecular flexibility index (Phi) is 11.6. The second kappa shape index (κ2) is 15.1. The van der Waals surface area contributed by atoms with Gasteiger partial charge in [0.1, 0.15) is 11.9 Å². The Bertz CT molecular complexity index is 1410. The number of amides is 2. The molecule has 0 saturated heterocycles. The Balaban J connectivity index is 1.73. The molecule has 3 aromatic rings. The molecule has 0 spiro atoms. The molecule has 1 heterocycles. The monoisotopic (exact) mass is 612 g/mol. The molecular weight excluding hydrogens is 577 g/mol. The van der Waals surface area contributed by atoms with Crippen molar-refractivity contribution in [3.63, 3.8) is 0 Å². The molecule has 3 N–H and O–H groups in total. The number of pyridine rings is 1. The van der Waals surface area contributed by atoms with Gasteiger partial charge in [0.2, 0.25) is 11.8 Å². The fraction of sp³-hybridized carbons (Fsp3) is 0.344. The van der Waals surface area contributed by atoms with Gasteiger partial charge in [0.15, 0.2) is 0 Å². The lowest BCUT2D eigenvalue weighted by Gasteiger charge is -2.32. The highest BCUT2D eigenvalue weighted by molar-refractivity contribution is 5.90. The third-order valence-electron chi connectivity index (χ3n) is 6.53. The Morgan fingerprint density at radius 1 is 0.841 bits per heavy atom. The van der Waals surface area contributed by atoms with E-state index in [2.05, 4.69) is 25.7 Å². The van der Waals surface area contributed by atoms with Gasteiger partial charge in [-0.05, 0) is 40.7 Å². The van der Waals surface area contributed by atoms with Gasteiger partial charge in [-0.2, -0.15) is 13.2 Å². The lowest BCUT2D eigenvalue weighted by atomic mass is 9.85. The molecule has 44 heavy (non-hydrogen) atoms. The van der Waals surface area contributed by atoms with Crippen molar-refractivity contribution in [3.05, 3.63) is 84.6 Å². The molecule has 1 unspecified atom stereocenters. The average molecular weight is 613 g/mol. The van der Waals surface area contributed by atoms with Gasteiger partial charge < -0.3 is 20.7 Å². The number of carbonyl (C=O) groups excluding carboxylic acids is 4. The topological polar surface area (TPSA) is 126 Å². The second-order valence-electron chi connectivity index (χ2n) is 11.1. The van der Waals surface area contributed by atoms with E-state index in [0.29, 0.717) is 24.3 Å². The van der Waals surface area contributed by atoms with E-state index in [4.69, 9.17) is 0 Å². The minimum absolute atomic E-state index is 0.107. The number of esters is 2. The van der Waals surface area contributed by atoms with E-state index in [0.717, 1.165) is 11.1 Å². The van der Waals surface area contributed by atoms with Crippen LogP contribution in [0.3, 0.4) is 0 Å². The molecule has 0 saturated carbocycles. The number of rotatable bonds is 12. The molecule has 12 heteroatoms. The SMILES string of the molecule is CC(C)(C)[C@@H](NC(=O)CCCNc1ccccn1)C(=O)NC(CC(=O)OC(=O)C(F)(F)F)c1ccc(-c2ccccc2)cc1. The number of aromatic nitrogens is 1. The molecule has 0 aliphatic heterocycles. The number of hydrogen-bond acceptors (Lipinski definition) is 7. The average Bonchev–Trinajstić information content (AvgIpc) is 2.97. The van der Waals surface area contributed by atoms with Crippen LogP contribution >= 0.6 is 0 Å². The summed E-state index contributed by atoms with van der Waals surface area (Å²) in [5, 5.41) is 8.50. The Labute approximate surface area is 253 Å². The fourth-order valence-corrected chi connectivity index (χ4v) is 4.26. The molecule has 0 aliphatic rings. The maximum atomic E-state index is 13.5. The molecule has 234 valence electrons. The van der Waals surface area contributed by atoms with Crippen molar-refractivity contribution in [2.45, 2.75) is 58.3 Å². The van der Waals surface area contributed by atoms with E-state index in [-0.39, 0.29) is 12.3 Å². The lowest BCUT2D eigenvalue weighted by Crippen LogP contribution is -2.54. The summed E-state index contributed by atoms with van der Waals surface area (Å²) in [5.74, 6) is -4.50. The number of ether oxygens (including phenoxy) is 1. The van der Waals surface area contributed by atoms with Crippen molar-refractivity contribution in [2.75, 3.05) is 11.9 Å². The van der Waals surface area contributed by atoms with Gasteiger partial charge in [-0.15, -0.1) is 0 Å². The maximum Gasteiger partial charge on any atom is 0.491 e. The molecule has 2 atom stereocenters. The summed E-state index contributed by atoms with van der Waals surface area (Å²) >= 11 is 0. The van der Waals surface area contributed by atoms with Crippen LogP contribution in [-0.4, -0.2) is 47.5 Å². The largest absolute Gasteiger partial charge is 0.491 e. The third-order valence-corrected chi connectivity index (χ3v) is 6.53. The fourth-order valence-electron chi connectivity index (χ4n) is 4.26. The van der Waals surface area contributed by atoms with Crippen LogP contribution in [0.1, 0.15) is 51.6 Å². The second-order valence-corrected chi connectivity index (χ2v) is 11.1. The maximum absolute atomic E-state index is 13.5. The highest BCUT2D eigenvalue weighted by atomic mass is 19.4. The molecule has 0 radical (unpaired) electrons. The first-order valence-corrected chi connectivity index (χ1v) is 14.0. The summed E-state index contributed by atoms with van der Waals surface area (Å²) in [4.78, 5) is 54.1. The summed E-state index contributed by atoms with van der Waals surface area (Å²) < 4.78 is 42.1. The van der Waals surface area contributed by atoms with Crippen molar-refractivity contribution >= 4 is 29.6 Å². The molecule has 9 nitrogen and oxygen atoms in total. The predicted octanol–water partition coefficient (Wildman–Crippen LogP) is 5.35. The van der Waals surface area contributed by atoms with Crippen molar-refractivity contribution < 1.29 is 37.1 Å². The number of benzene rings is 2. The number of hydrogen-bond donors (Lipinski definition) is 3. The van der Waals surface area contributed by atoms with E-state index in [1.807, 2.05) is 36.4 Å². The number of alkyl halides is 3.